The minimum atomic E-state index is -3.66. The van der Waals surface area contributed by atoms with E-state index in [4.69, 9.17) is 11.6 Å². The third-order valence-corrected chi connectivity index (χ3v) is 8.85. The number of halogens is 1. The van der Waals surface area contributed by atoms with E-state index in [2.05, 4.69) is 13.8 Å². The molecule has 0 bridgehead atoms. The highest BCUT2D eigenvalue weighted by Gasteiger charge is 2.45. The predicted molar refractivity (Wildman–Crippen MR) is 93.3 cm³/mol. The average Bonchev–Trinajstić information content (AvgIpc) is 2.75. The lowest BCUT2D eigenvalue weighted by molar-refractivity contribution is 0.457. The van der Waals surface area contributed by atoms with Crippen molar-refractivity contribution < 1.29 is 16.8 Å². The predicted octanol–water partition coefficient (Wildman–Crippen LogP) is 3.35. The Labute approximate surface area is 144 Å². The van der Waals surface area contributed by atoms with Gasteiger partial charge in [-0.2, -0.15) is 0 Å². The van der Waals surface area contributed by atoms with Gasteiger partial charge in [-0.1, -0.05) is 38.3 Å². The molecule has 1 fully saturated rings. The fourth-order valence-corrected chi connectivity index (χ4v) is 8.24. The second kappa shape index (κ2) is 7.11. The van der Waals surface area contributed by atoms with E-state index in [1.165, 1.54) is 24.3 Å². The molecule has 0 spiro atoms. The maximum Gasteiger partial charge on any atom is 0.182 e. The lowest BCUT2D eigenvalue weighted by Crippen LogP contribution is -2.29. The van der Waals surface area contributed by atoms with Gasteiger partial charge in [0, 0.05) is 5.02 Å². The molecule has 2 atom stereocenters. The van der Waals surface area contributed by atoms with Crippen LogP contribution in [0.4, 0.5) is 0 Å². The molecule has 1 saturated heterocycles. The molecule has 23 heavy (non-hydrogen) atoms. The van der Waals surface area contributed by atoms with Gasteiger partial charge in [-0.15, -0.1) is 0 Å². The molecule has 0 radical (unpaired) electrons. The first kappa shape index (κ1) is 18.7. The summed E-state index contributed by atoms with van der Waals surface area (Å²) < 4.78 is 49.7. The topological polar surface area (TPSA) is 68.3 Å². The molecule has 2 rings (SSSR count). The van der Waals surface area contributed by atoms with Gasteiger partial charge in [0.15, 0.2) is 19.7 Å². The van der Waals surface area contributed by atoms with Crippen LogP contribution in [0.25, 0.3) is 0 Å². The first-order valence-corrected chi connectivity index (χ1v) is 11.6. The Kier molecular flexibility index (Phi) is 5.80. The highest BCUT2D eigenvalue weighted by Crippen LogP contribution is 2.33. The van der Waals surface area contributed by atoms with E-state index in [0.29, 0.717) is 17.4 Å². The minimum Gasteiger partial charge on any atom is -0.229 e. The summed E-state index contributed by atoms with van der Waals surface area (Å²) in [5, 5.41) is -0.391. The fourth-order valence-electron chi connectivity index (χ4n) is 3.09. The van der Waals surface area contributed by atoms with Crippen LogP contribution in [0.5, 0.6) is 0 Å². The van der Waals surface area contributed by atoms with Gasteiger partial charge in [0.25, 0.3) is 0 Å². The van der Waals surface area contributed by atoms with Crippen molar-refractivity contribution >= 4 is 31.3 Å². The van der Waals surface area contributed by atoms with E-state index in [-0.39, 0.29) is 22.3 Å². The van der Waals surface area contributed by atoms with Gasteiger partial charge < -0.3 is 0 Å². The maximum absolute atomic E-state index is 12.8. The minimum absolute atomic E-state index is 0.0252. The van der Waals surface area contributed by atoms with Gasteiger partial charge in [-0.05, 0) is 42.5 Å². The molecule has 1 aromatic carbocycles. The Balaban J connectivity index is 2.24. The van der Waals surface area contributed by atoms with Crippen LogP contribution in [0.15, 0.2) is 29.2 Å². The molecule has 0 aromatic heterocycles. The first-order chi connectivity index (χ1) is 10.6. The summed E-state index contributed by atoms with van der Waals surface area (Å²) >= 11 is 5.80. The van der Waals surface area contributed by atoms with Crippen LogP contribution in [-0.2, 0) is 19.7 Å². The van der Waals surface area contributed by atoms with E-state index < -0.39 is 24.9 Å². The zero-order valence-corrected chi connectivity index (χ0v) is 15.8. The summed E-state index contributed by atoms with van der Waals surface area (Å²) in [7, 11) is -6.96. The van der Waals surface area contributed by atoms with Crippen molar-refractivity contribution in [1.82, 2.24) is 0 Å². The van der Waals surface area contributed by atoms with Crippen molar-refractivity contribution in [2.24, 2.45) is 11.8 Å². The van der Waals surface area contributed by atoms with Crippen molar-refractivity contribution in [3.63, 3.8) is 0 Å². The molecule has 1 heterocycles. The van der Waals surface area contributed by atoms with Gasteiger partial charge in [0.1, 0.15) is 0 Å². The van der Waals surface area contributed by atoms with Crippen LogP contribution in [0.3, 0.4) is 0 Å². The van der Waals surface area contributed by atoms with E-state index in [0.717, 1.165) is 12.8 Å². The van der Waals surface area contributed by atoms with Crippen LogP contribution in [0.1, 0.15) is 33.1 Å². The lowest BCUT2D eigenvalue weighted by Gasteiger charge is -2.19. The van der Waals surface area contributed by atoms with Gasteiger partial charge in [-0.3, -0.25) is 0 Å². The Morgan fingerprint density at radius 3 is 2.35 bits per heavy atom. The van der Waals surface area contributed by atoms with E-state index >= 15 is 0 Å². The molecule has 4 nitrogen and oxygen atoms in total. The number of sulfone groups is 2. The van der Waals surface area contributed by atoms with Crippen LogP contribution in [0.2, 0.25) is 5.02 Å². The number of hydrogen-bond donors (Lipinski definition) is 0. The number of benzene rings is 1. The fraction of sp³-hybridized carbons (Fsp3) is 0.625. The normalized spacial score (nSPS) is 24.2. The molecule has 0 unspecified atom stereocenters. The van der Waals surface area contributed by atoms with Crippen molar-refractivity contribution in [1.29, 1.82) is 0 Å². The second-order valence-electron chi connectivity index (χ2n) is 6.70. The monoisotopic (exact) mass is 378 g/mol. The molecule has 7 heteroatoms. The molecule has 1 aliphatic heterocycles. The van der Waals surface area contributed by atoms with Crippen molar-refractivity contribution in [2.45, 2.75) is 43.3 Å². The van der Waals surface area contributed by atoms with Gasteiger partial charge in [0.05, 0.1) is 21.7 Å². The summed E-state index contributed by atoms with van der Waals surface area (Å²) in [6.45, 7) is 4.21. The average molecular weight is 379 g/mol. The summed E-state index contributed by atoms with van der Waals surface area (Å²) in [5.41, 5.74) is 0. The molecular formula is C16H23ClO4S2. The second-order valence-corrected chi connectivity index (χ2v) is 11.5. The van der Waals surface area contributed by atoms with Crippen molar-refractivity contribution in [3.05, 3.63) is 29.3 Å². The Hall–Kier alpha value is -0.590. The zero-order valence-electron chi connectivity index (χ0n) is 13.4. The van der Waals surface area contributed by atoms with E-state index in [1.807, 2.05) is 0 Å². The Bertz CT molecular complexity index is 737. The molecular weight excluding hydrogens is 356 g/mol. The van der Waals surface area contributed by atoms with Gasteiger partial charge >= 0.3 is 0 Å². The quantitative estimate of drug-likeness (QED) is 0.761. The number of hydrogen-bond acceptors (Lipinski definition) is 4. The molecule has 1 aromatic rings. The Morgan fingerprint density at radius 2 is 1.78 bits per heavy atom. The summed E-state index contributed by atoms with van der Waals surface area (Å²) in [6, 6.07) is 5.94. The first-order valence-electron chi connectivity index (χ1n) is 7.82. The summed E-state index contributed by atoms with van der Waals surface area (Å²) in [5.74, 6) is -0.0915. The SMILES string of the molecule is CC(C)CCC[C@H]1CS(=O)(=O)C[C@@H]1S(=O)(=O)c1ccc(Cl)cc1. The molecule has 0 amide bonds. The van der Waals surface area contributed by atoms with Crippen molar-refractivity contribution in [2.75, 3.05) is 11.5 Å². The van der Waals surface area contributed by atoms with Gasteiger partial charge in [-0.25, -0.2) is 16.8 Å². The van der Waals surface area contributed by atoms with Gasteiger partial charge in [0.2, 0.25) is 0 Å². The van der Waals surface area contributed by atoms with Crippen LogP contribution >= 0.6 is 11.6 Å². The van der Waals surface area contributed by atoms with Crippen LogP contribution < -0.4 is 0 Å². The third kappa shape index (κ3) is 4.70. The Morgan fingerprint density at radius 1 is 1.17 bits per heavy atom. The van der Waals surface area contributed by atoms with Crippen LogP contribution in [-0.4, -0.2) is 33.6 Å². The van der Waals surface area contributed by atoms with Crippen LogP contribution in [0, 0.1) is 11.8 Å². The highest BCUT2D eigenvalue weighted by atomic mass is 35.5. The van der Waals surface area contributed by atoms with Crippen molar-refractivity contribution in [3.8, 4) is 0 Å². The van der Waals surface area contributed by atoms with E-state index in [1.54, 1.807) is 0 Å². The molecule has 0 aliphatic carbocycles. The largest absolute Gasteiger partial charge is 0.229 e. The summed E-state index contributed by atoms with van der Waals surface area (Å²) in [4.78, 5) is 0.151. The maximum atomic E-state index is 12.8. The number of rotatable bonds is 6. The molecule has 1 aliphatic rings. The summed E-state index contributed by atoms with van der Waals surface area (Å²) in [6.07, 6.45) is 2.46. The molecule has 0 saturated carbocycles. The molecule has 0 N–H and O–H groups in total. The molecule has 130 valence electrons. The van der Waals surface area contributed by atoms with E-state index in [9.17, 15) is 16.8 Å². The standard InChI is InChI=1S/C16H23ClO4S2/c1-12(2)4-3-5-13-10-22(18,19)11-16(13)23(20,21)15-8-6-14(17)7-9-15/h6-9,12-13,16H,3-5,10-11H2,1-2H3/t13-,16-/m0/s1. The highest BCUT2D eigenvalue weighted by molar-refractivity contribution is 7.96. The zero-order chi connectivity index (χ0) is 17.3. The lowest BCUT2D eigenvalue weighted by atomic mass is 9.98. The smallest absolute Gasteiger partial charge is 0.182 e. The third-order valence-electron chi connectivity index (χ3n) is 4.31.